The molecule has 1 aromatic carbocycles. The lowest BCUT2D eigenvalue weighted by Crippen LogP contribution is -2.52. The zero-order valence-corrected chi connectivity index (χ0v) is 13.6. The van der Waals surface area contributed by atoms with E-state index in [0.717, 1.165) is 6.07 Å². The predicted molar refractivity (Wildman–Crippen MR) is 86.5 cm³/mol. The van der Waals surface area contributed by atoms with Gasteiger partial charge in [0, 0.05) is 39.2 Å². The normalized spacial score (nSPS) is 22.8. The van der Waals surface area contributed by atoms with E-state index in [-0.39, 0.29) is 41.6 Å². The van der Waals surface area contributed by atoms with E-state index in [1.165, 1.54) is 0 Å². The topological polar surface area (TPSA) is 33.7 Å². The van der Waals surface area contributed by atoms with Crippen molar-refractivity contribution in [3.8, 4) is 18.1 Å². The van der Waals surface area contributed by atoms with E-state index in [4.69, 9.17) is 15.9 Å². The molecule has 7 heteroatoms. The molecule has 0 bridgehead atoms. The molecular weight excluding hydrogens is 326 g/mol. The lowest BCUT2D eigenvalue weighted by Gasteiger charge is -2.37. The van der Waals surface area contributed by atoms with Crippen molar-refractivity contribution in [3.63, 3.8) is 0 Å². The van der Waals surface area contributed by atoms with Gasteiger partial charge in [0.25, 0.3) is 0 Å². The summed E-state index contributed by atoms with van der Waals surface area (Å²) in [5, 5.41) is 3.27. The minimum atomic E-state index is -0.947. The lowest BCUT2D eigenvalue weighted by atomic mass is 10.0. The maximum atomic E-state index is 14.4. The van der Waals surface area contributed by atoms with Crippen molar-refractivity contribution in [3.05, 3.63) is 23.3 Å². The molecule has 0 amide bonds. The van der Waals surface area contributed by atoms with Gasteiger partial charge in [-0.15, -0.1) is 18.8 Å². The van der Waals surface area contributed by atoms with Crippen LogP contribution in [0.25, 0.3) is 0 Å². The average Bonchev–Trinajstić information content (AvgIpc) is 2.68. The first-order valence-corrected chi connectivity index (χ1v) is 7.27. The van der Waals surface area contributed by atoms with E-state index in [1.807, 2.05) is 4.90 Å². The zero-order chi connectivity index (χ0) is 15.7. The highest BCUT2D eigenvalue weighted by molar-refractivity contribution is 5.85. The molecular formula is C16H19ClF2N2O2. The van der Waals surface area contributed by atoms with Crippen molar-refractivity contribution in [2.45, 2.75) is 18.6 Å². The van der Waals surface area contributed by atoms with Crippen LogP contribution < -0.4 is 15.0 Å². The number of anilines is 1. The third kappa shape index (κ3) is 3.23. The van der Waals surface area contributed by atoms with Gasteiger partial charge in [0.2, 0.25) is 0 Å². The summed E-state index contributed by atoms with van der Waals surface area (Å²) in [6.07, 6.45) is 5.85. The first-order valence-electron chi connectivity index (χ1n) is 7.27. The molecule has 23 heavy (non-hydrogen) atoms. The van der Waals surface area contributed by atoms with Crippen LogP contribution in [0.3, 0.4) is 0 Å². The first-order chi connectivity index (χ1) is 10.7. The second-order valence-corrected chi connectivity index (χ2v) is 5.52. The fourth-order valence-corrected chi connectivity index (χ4v) is 3.15. The quantitative estimate of drug-likeness (QED) is 0.831. The number of hydrogen-bond donors (Lipinski definition) is 1. The summed E-state index contributed by atoms with van der Waals surface area (Å²) in [6.45, 7) is 2.33. The maximum absolute atomic E-state index is 14.4. The maximum Gasteiger partial charge on any atom is 0.185 e. The highest BCUT2D eigenvalue weighted by Gasteiger charge is 2.36. The number of hydrogen-bond acceptors (Lipinski definition) is 4. The molecule has 2 atom stereocenters. The lowest BCUT2D eigenvalue weighted by molar-refractivity contribution is 0.0743. The van der Waals surface area contributed by atoms with Gasteiger partial charge < -0.3 is 19.7 Å². The number of halogens is 3. The summed E-state index contributed by atoms with van der Waals surface area (Å²) in [7, 11) is 1.58. The molecule has 0 aliphatic carbocycles. The molecule has 0 spiro atoms. The van der Waals surface area contributed by atoms with Gasteiger partial charge in [-0.1, -0.05) is 5.92 Å². The Balaban J connectivity index is 0.00000192. The second kappa shape index (κ2) is 7.35. The fraction of sp³-hybridized carbons (Fsp3) is 0.500. The minimum absolute atomic E-state index is 0. The molecule has 126 valence electrons. The predicted octanol–water partition coefficient (Wildman–Crippen LogP) is 1.94. The van der Waals surface area contributed by atoms with Crippen molar-refractivity contribution >= 4 is 18.1 Å². The largest absolute Gasteiger partial charge is 0.484 e. The number of fused-ring (bicyclic) bond motifs is 3. The fourth-order valence-electron chi connectivity index (χ4n) is 3.15. The number of nitrogens with zero attached hydrogens (tertiary/aromatic N) is 1. The van der Waals surface area contributed by atoms with Crippen molar-refractivity contribution in [2.75, 3.05) is 38.3 Å². The van der Waals surface area contributed by atoms with Gasteiger partial charge in [0.1, 0.15) is 11.8 Å². The van der Waals surface area contributed by atoms with Crippen molar-refractivity contribution in [1.82, 2.24) is 5.32 Å². The Morgan fingerprint density at radius 2 is 2.30 bits per heavy atom. The molecule has 1 saturated heterocycles. The van der Waals surface area contributed by atoms with E-state index in [9.17, 15) is 8.78 Å². The Labute approximate surface area is 140 Å². The summed E-state index contributed by atoms with van der Waals surface area (Å²) in [5.74, 6) is 0.787. The van der Waals surface area contributed by atoms with E-state index >= 15 is 0 Å². The Kier molecular flexibility index (Phi) is 5.69. The van der Waals surface area contributed by atoms with Crippen LogP contribution in [0.5, 0.6) is 5.75 Å². The van der Waals surface area contributed by atoms with Crippen molar-refractivity contribution in [1.29, 1.82) is 0 Å². The molecule has 1 fully saturated rings. The molecule has 0 saturated carbocycles. The van der Waals surface area contributed by atoms with Crippen molar-refractivity contribution in [2.24, 2.45) is 0 Å². The number of methoxy groups -OCH3 is 1. The molecule has 2 heterocycles. The van der Waals surface area contributed by atoms with Crippen LogP contribution in [0.2, 0.25) is 0 Å². The van der Waals surface area contributed by atoms with E-state index in [1.54, 1.807) is 7.11 Å². The monoisotopic (exact) mass is 344 g/mol. The summed E-state index contributed by atoms with van der Waals surface area (Å²) in [6, 6.07) is 1.03. The van der Waals surface area contributed by atoms with Gasteiger partial charge in [-0.2, -0.15) is 0 Å². The summed E-state index contributed by atoms with van der Waals surface area (Å²) >= 11 is 0. The summed E-state index contributed by atoms with van der Waals surface area (Å²) < 4.78 is 39.4. The Morgan fingerprint density at radius 1 is 1.52 bits per heavy atom. The molecule has 2 aliphatic heterocycles. The number of terminal acetylenes is 1. The third-order valence-corrected chi connectivity index (χ3v) is 4.11. The third-order valence-electron chi connectivity index (χ3n) is 4.11. The number of nitrogens with one attached hydrogen (secondary N) is 1. The Morgan fingerprint density at radius 3 is 3.00 bits per heavy atom. The molecule has 4 nitrogen and oxygen atoms in total. The second-order valence-electron chi connectivity index (χ2n) is 5.52. The van der Waals surface area contributed by atoms with Crippen molar-refractivity contribution < 1.29 is 18.3 Å². The molecule has 1 N–H and O–H groups in total. The van der Waals surface area contributed by atoms with Gasteiger partial charge in [-0.25, -0.2) is 8.78 Å². The van der Waals surface area contributed by atoms with E-state index < -0.39 is 11.6 Å². The van der Waals surface area contributed by atoms with Crippen LogP contribution >= 0.6 is 12.4 Å². The Bertz CT molecular complexity index is 621. The van der Waals surface area contributed by atoms with Crippen LogP contribution in [0, 0.1) is 24.0 Å². The van der Waals surface area contributed by atoms with Gasteiger partial charge in [0.15, 0.2) is 17.4 Å². The molecule has 2 aliphatic rings. The molecule has 0 radical (unpaired) electrons. The smallest absolute Gasteiger partial charge is 0.185 e. The van der Waals surface area contributed by atoms with Crippen LogP contribution in [-0.2, 0) is 4.74 Å². The number of rotatable bonds is 2. The standard InChI is InChI=1S/C16H18F2N2O2.ClH/c1-3-10-6-13(17)14(18)15-16(10)22-12(9-21-2)7-11-8-19-4-5-20(11)15;/h1,6,11-12,19H,4-5,7-9H2,2H3;1H/t11-,12+;/m1./s1. The summed E-state index contributed by atoms with van der Waals surface area (Å²) in [4.78, 5) is 1.86. The zero-order valence-electron chi connectivity index (χ0n) is 12.8. The van der Waals surface area contributed by atoms with Gasteiger partial charge in [0.05, 0.1) is 12.2 Å². The molecule has 1 aromatic rings. The van der Waals surface area contributed by atoms with Gasteiger partial charge in [-0.05, 0) is 6.07 Å². The highest BCUT2D eigenvalue weighted by atomic mass is 35.5. The molecule has 0 aromatic heterocycles. The van der Waals surface area contributed by atoms with Crippen LogP contribution in [0.1, 0.15) is 12.0 Å². The van der Waals surface area contributed by atoms with E-state index in [2.05, 4.69) is 11.2 Å². The van der Waals surface area contributed by atoms with Gasteiger partial charge >= 0.3 is 0 Å². The van der Waals surface area contributed by atoms with E-state index in [0.29, 0.717) is 32.7 Å². The van der Waals surface area contributed by atoms with Gasteiger partial charge in [-0.3, -0.25) is 0 Å². The van der Waals surface area contributed by atoms with Crippen LogP contribution in [-0.4, -0.2) is 45.5 Å². The average molecular weight is 345 g/mol. The SMILES string of the molecule is C#Cc1cc(F)c(F)c2c1O[C@H](COC)C[C@@H]1CNCCN21.Cl. The summed E-state index contributed by atoms with van der Waals surface area (Å²) in [5.41, 5.74) is 0.368. The number of benzene rings is 1. The Hall–Kier alpha value is -1.55. The highest BCUT2D eigenvalue weighted by Crippen LogP contribution is 2.41. The first kappa shape index (κ1) is 17.8. The van der Waals surface area contributed by atoms with Crippen LogP contribution in [0.4, 0.5) is 14.5 Å². The molecule has 3 rings (SSSR count). The minimum Gasteiger partial charge on any atom is -0.484 e. The molecule has 0 unspecified atom stereocenters. The number of ether oxygens (including phenoxy) is 2. The number of piperazine rings is 1. The van der Waals surface area contributed by atoms with Crippen LogP contribution in [0.15, 0.2) is 6.07 Å².